The topological polar surface area (TPSA) is 74.3 Å². The van der Waals surface area contributed by atoms with E-state index >= 15 is 0 Å². The summed E-state index contributed by atoms with van der Waals surface area (Å²) in [5.41, 5.74) is 5.29. The number of thiazole rings is 1. The van der Waals surface area contributed by atoms with Crippen molar-refractivity contribution >= 4 is 56.1 Å². The van der Waals surface area contributed by atoms with E-state index < -0.39 is 5.92 Å². The molecule has 4 aromatic rings. The Morgan fingerprint density at radius 3 is 2.58 bits per heavy atom. The summed E-state index contributed by atoms with van der Waals surface area (Å²) in [7, 11) is 0. The molecule has 2 heterocycles. The van der Waals surface area contributed by atoms with Crippen molar-refractivity contribution in [2.45, 2.75) is 20.3 Å². The van der Waals surface area contributed by atoms with Gasteiger partial charge in [0, 0.05) is 24.3 Å². The number of hydrogen-bond acceptors (Lipinski definition) is 5. The highest BCUT2D eigenvalue weighted by Crippen LogP contribution is 2.32. The number of fused-ring (bicyclic) bond motifs is 1. The summed E-state index contributed by atoms with van der Waals surface area (Å²) in [6.45, 7) is 4.37. The molecule has 1 unspecified atom stereocenters. The van der Waals surface area contributed by atoms with Gasteiger partial charge in [0.25, 0.3) is 0 Å². The van der Waals surface area contributed by atoms with Crippen LogP contribution in [-0.2, 0) is 9.59 Å². The Morgan fingerprint density at radius 2 is 1.79 bits per heavy atom. The summed E-state index contributed by atoms with van der Waals surface area (Å²) >= 11 is 1.63. The van der Waals surface area contributed by atoms with Gasteiger partial charge in [0.05, 0.1) is 32.5 Å². The number of anilines is 4. The summed E-state index contributed by atoms with van der Waals surface area (Å²) in [4.78, 5) is 32.0. The Kier molecular flexibility index (Phi) is 5.56. The average molecular weight is 457 g/mol. The molecule has 3 aromatic carbocycles. The number of para-hydroxylation sites is 2. The Morgan fingerprint density at radius 1 is 1.03 bits per heavy atom. The monoisotopic (exact) mass is 456 g/mol. The number of amides is 2. The minimum Gasteiger partial charge on any atom is -0.354 e. The number of benzene rings is 3. The van der Waals surface area contributed by atoms with Gasteiger partial charge in [-0.1, -0.05) is 29.8 Å². The van der Waals surface area contributed by atoms with E-state index in [0.717, 1.165) is 32.3 Å². The van der Waals surface area contributed by atoms with Gasteiger partial charge in [0.2, 0.25) is 11.8 Å². The van der Waals surface area contributed by atoms with Crippen molar-refractivity contribution in [2.75, 3.05) is 22.1 Å². The zero-order valence-corrected chi connectivity index (χ0v) is 19.3. The fourth-order valence-corrected chi connectivity index (χ4v) is 4.87. The van der Waals surface area contributed by atoms with E-state index in [1.807, 2.05) is 80.6 Å². The Balaban J connectivity index is 1.30. The highest BCUT2D eigenvalue weighted by atomic mass is 32.1. The zero-order valence-electron chi connectivity index (χ0n) is 18.5. The van der Waals surface area contributed by atoms with Crippen LogP contribution in [0.2, 0.25) is 0 Å². The van der Waals surface area contributed by atoms with Crippen LogP contribution in [-0.4, -0.2) is 23.3 Å². The van der Waals surface area contributed by atoms with Gasteiger partial charge in [-0.25, -0.2) is 4.98 Å². The van der Waals surface area contributed by atoms with Crippen LogP contribution in [0.4, 0.5) is 22.7 Å². The number of nitrogens with zero attached hydrogens (tertiary/aromatic N) is 2. The third-order valence-electron chi connectivity index (χ3n) is 5.80. The van der Waals surface area contributed by atoms with Crippen LogP contribution in [0.1, 0.15) is 17.0 Å². The van der Waals surface area contributed by atoms with Crippen LogP contribution >= 0.6 is 11.3 Å². The fourth-order valence-electron chi connectivity index (χ4n) is 4.06. The van der Waals surface area contributed by atoms with Gasteiger partial charge >= 0.3 is 0 Å². The van der Waals surface area contributed by atoms with E-state index in [-0.39, 0.29) is 18.2 Å². The minimum absolute atomic E-state index is 0.0486. The Hall–Kier alpha value is -3.71. The Labute approximate surface area is 196 Å². The molecule has 6 nitrogen and oxygen atoms in total. The van der Waals surface area contributed by atoms with Crippen molar-refractivity contribution in [3.05, 3.63) is 77.3 Å². The molecule has 2 amide bonds. The minimum atomic E-state index is -0.419. The molecule has 0 radical (unpaired) electrons. The highest BCUT2D eigenvalue weighted by Gasteiger charge is 2.35. The van der Waals surface area contributed by atoms with E-state index in [2.05, 4.69) is 15.6 Å². The van der Waals surface area contributed by atoms with Crippen molar-refractivity contribution in [1.29, 1.82) is 0 Å². The molecule has 5 rings (SSSR count). The number of carbonyl (C=O) groups is 2. The second-order valence-electron chi connectivity index (χ2n) is 8.32. The van der Waals surface area contributed by atoms with Gasteiger partial charge in [-0.15, -0.1) is 11.3 Å². The standard InChI is InChI=1S/C26H24N4O2S/c1-16-7-9-19(10-8-16)28-21-5-3-4-6-22(21)29-26(32)18-13-25(31)30(15-18)20-11-12-24-23(14-20)27-17(2)33-24/h3-12,14,18,28H,13,15H2,1-2H3,(H,29,32). The third-order valence-corrected chi connectivity index (χ3v) is 6.75. The summed E-state index contributed by atoms with van der Waals surface area (Å²) in [5.74, 6) is -0.625. The summed E-state index contributed by atoms with van der Waals surface area (Å²) in [6, 6.07) is 21.5. The van der Waals surface area contributed by atoms with Crippen LogP contribution in [0.25, 0.3) is 10.2 Å². The van der Waals surface area contributed by atoms with Crippen LogP contribution in [0.5, 0.6) is 0 Å². The van der Waals surface area contributed by atoms with Gasteiger partial charge in [-0.05, 0) is 56.3 Å². The van der Waals surface area contributed by atoms with Crippen molar-refractivity contribution in [2.24, 2.45) is 5.92 Å². The SMILES string of the molecule is Cc1ccc(Nc2ccccc2NC(=O)C2CC(=O)N(c3ccc4sc(C)nc4c3)C2)cc1. The lowest BCUT2D eigenvalue weighted by atomic mass is 10.1. The zero-order chi connectivity index (χ0) is 22.9. The molecule has 0 spiro atoms. The van der Waals surface area contributed by atoms with E-state index in [0.29, 0.717) is 12.2 Å². The second-order valence-corrected chi connectivity index (χ2v) is 9.55. The largest absolute Gasteiger partial charge is 0.354 e. The lowest BCUT2D eigenvalue weighted by molar-refractivity contribution is -0.122. The maximum absolute atomic E-state index is 13.1. The Bertz CT molecular complexity index is 1350. The molecule has 1 saturated heterocycles. The normalized spacial score (nSPS) is 15.8. The molecule has 2 N–H and O–H groups in total. The molecule has 1 atom stereocenters. The number of carbonyl (C=O) groups excluding carboxylic acids is 2. The average Bonchev–Trinajstić information content (AvgIpc) is 3.37. The predicted molar refractivity (Wildman–Crippen MR) is 134 cm³/mol. The second kappa shape index (κ2) is 8.67. The predicted octanol–water partition coefficient (Wildman–Crippen LogP) is 5.65. The van der Waals surface area contributed by atoms with Gasteiger partial charge in [0.15, 0.2) is 0 Å². The van der Waals surface area contributed by atoms with Crippen LogP contribution in [0.15, 0.2) is 66.7 Å². The van der Waals surface area contributed by atoms with Crippen molar-refractivity contribution in [1.82, 2.24) is 4.98 Å². The lowest BCUT2D eigenvalue weighted by Gasteiger charge is -2.17. The summed E-state index contributed by atoms with van der Waals surface area (Å²) < 4.78 is 1.09. The van der Waals surface area contributed by atoms with Crippen molar-refractivity contribution < 1.29 is 9.59 Å². The van der Waals surface area contributed by atoms with Gasteiger partial charge in [-0.3, -0.25) is 9.59 Å². The quantitative estimate of drug-likeness (QED) is 0.407. The maximum atomic E-state index is 13.1. The molecule has 0 bridgehead atoms. The van der Waals surface area contributed by atoms with Crippen LogP contribution in [0, 0.1) is 19.8 Å². The molecule has 0 saturated carbocycles. The molecule has 0 aliphatic carbocycles. The van der Waals surface area contributed by atoms with E-state index in [4.69, 9.17) is 0 Å². The molecule has 7 heteroatoms. The molecule has 33 heavy (non-hydrogen) atoms. The molecular formula is C26H24N4O2S. The number of aromatic nitrogens is 1. The molecule has 166 valence electrons. The van der Waals surface area contributed by atoms with Crippen molar-refractivity contribution in [3.63, 3.8) is 0 Å². The van der Waals surface area contributed by atoms with Gasteiger partial charge in [-0.2, -0.15) is 0 Å². The fraction of sp³-hybridized carbons (Fsp3) is 0.192. The van der Waals surface area contributed by atoms with E-state index in [1.54, 1.807) is 16.2 Å². The number of nitrogens with one attached hydrogen (secondary N) is 2. The number of hydrogen-bond donors (Lipinski definition) is 2. The molecular weight excluding hydrogens is 432 g/mol. The first-order chi connectivity index (χ1) is 16.0. The smallest absolute Gasteiger partial charge is 0.229 e. The molecule has 1 aliphatic rings. The molecule has 1 aliphatic heterocycles. The number of aryl methyl sites for hydroxylation is 2. The molecule has 1 aromatic heterocycles. The van der Waals surface area contributed by atoms with E-state index in [1.165, 1.54) is 5.56 Å². The summed E-state index contributed by atoms with van der Waals surface area (Å²) in [6.07, 6.45) is 0.188. The first kappa shape index (κ1) is 21.2. The van der Waals surface area contributed by atoms with Crippen LogP contribution < -0.4 is 15.5 Å². The molecule has 1 fully saturated rings. The van der Waals surface area contributed by atoms with Crippen LogP contribution in [0.3, 0.4) is 0 Å². The van der Waals surface area contributed by atoms with Crippen molar-refractivity contribution in [3.8, 4) is 0 Å². The number of rotatable bonds is 5. The first-order valence-electron chi connectivity index (χ1n) is 10.9. The van der Waals surface area contributed by atoms with Gasteiger partial charge in [0.1, 0.15) is 0 Å². The van der Waals surface area contributed by atoms with E-state index in [9.17, 15) is 9.59 Å². The highest BCUT2D eigenvalue weighted by molar-refractivity contribution is 7.18. The summed E-state index contributed by atoms with van der Waals surface area (Å²) in [5, 5.41) is 7.37. The maximum Gasteiger partial charge on any atom is 0.229 e. The first-order valence-corrected chi connectivity index (χ1v) is 11.7. The lowest BCUT2D eigenvalue weighted by Crippen LogP contribution is -2.28. The van der Waals surface area contributed by atoms with Gasteiger partial charge < -0.3 is 15.5 Å². The third kappa shape index (κ3) is 4.45.